The number of esters is 1. The van der Waals surface area contributed by atoms with Crippen LogP contribution < -0.4 is 0 Å². The zero-order chi connectivity index (χ0) is 25.9. The predicted octanol–water partition coefficient (Wildman–Crippen LogP) is 9.12. The van der Waals surface area contributed by atoms with Gasteiger partial charge in [0.15, 0.2) is 0 Å². The molecule has 0 saturated heterocycles. The Morgan fingerprint density at radius 2 is 1.14 bits per heavy atom. The van der Waals surface area contributed by atoms with Gasteiger partial charge in [-0.15, -0.1) is 0 Å². The van der Waals surface area contributed by atoms with E-state index < -0.39 is 0 Å². The number of unbranched alkanes of at least 4 members (excludes halogenated alkanes) is 10. The second-order valence-electron chi connectivity index (χ2n) is 9.09. The van der Waals surface area contributed by atoms with Gasteiger partial charge in [-0.3, -0.25) is 4.79 Å². The van der Waals surface area contributed by atoms with Gasteiger partial charge in [0.1, 0.15) is 11.5 Å². The van der Waals surface area contributed by atoms with Gasteiger partial charge in [-0.25, -0.2) is 0 Å². The number of ether oxygens (including phenoxy) is 1. The molecule has 0 spiro atoms. The number of phenolic OH excluding ortho intramolecular Hbond substituents is 2. The van der Waals surface area contributed by atoms with E-state index in [0.29, 0.717) is 24.5 Å². The number of carbonyl (C=O) groups is 1. The van der Waals surface area contributed by atoms with E-state index in [1.807, 2.05) is 45.0 Å². The summed E-state index contributed by atoms with van der Waals surface area (Å²) in [4.78, 5) is 13.2. The van der Waals surface area contributed by atoms with Crippen molar-refractivity contribution in [2.24, 2.45) is 0 Å². The first-order valence-corrected chi connectivity index (χ1v) is 14.1. The highest BCUT2D eigenvalue weighted by Gasteiger charge is 2.03. The normalized spacial score (nSPS) is 10.5. The van der Waals surface area contributed by atoms with Gasteiger partial charge in [0.05, 0.1) is 6.61 Å². The molecule has 35 heavy (non-hydrogen) atoms. The van der Waals surface area contributed by atoms with Crippen molar-refractivity contribution in [3.8, 4) is 11.5 Å². The molecule has 0 radical (unpaired) electrons. The number of carbonyl (C=O) groups excluding carboxylic acids is 1. The SMILES string of the molecule is CCCCCCCCCCCCCC(=O)OCC.Cc1cc(Sc2ccc(O)c(C)c2)ccc1O. The standard InChI is InChI=1S/C16H32O2.C14H14O2S/c1-3-5-6-7-8-9-10-11-12-13-14-15-16(17)18-4-2;1-9-7-11(3-5-13(9)15)17-12-4-6-14(16)10(2)8-12/h3-15H2,1-2H3;3-8,15-16H,1-2H3. The Hall–Kier alpha value is -2.14. The van der Waals surface area contributed by atoms with Gasteiger partial charge in [-0.05, 0) is 74.7 Å². The van der Waals surface area contributed by atoms with E-state index in [0.717, 1.165) is 27.3 Å². The van der Waals surface area contributed by atoms with Crippen molar-refractivity contribution in [2.45, 2.75) is 115 Å². The second kappa shape index (κ2) is 19.1. The molecular weight excluding hydrogens is 456 g/mol. The first kappa shape index (κ1) is 30.9. The first-order valence-electron chi connectivity index (χ1n) is 13.3. The maximum atomic E-state index is 11.1. The van der Waals surface area contributed by atoms with Gasteiger partial charge in [0.2, 0.25) is 0 Å². The molecule has 0 atom stereocenters. The highest BCUT2D eigenvalue weighted by molar-refractivity contribution is 7.99. The molecular formula is C30H46O4S. The van der Waals surface area contributed by atoms with Crippen LogP contribution in [0.2, 0.25) is 0 Å². The van der Waals surface area contributed by atoms with Crippen molar-refractivity contribution in [1.82, 2.24) is 0 Å². The summed E-state index contributed by atoms with van der Waals surface area (Å²) in [7, 11) is 0. The lowest BCUT2D eigenvalue weighted by Gasteiger charge is -2.06. The molecule has 2 rings (SSSR count). The minimum atomic E-state index is -0.0339. The van der Waals surface area contributed by atoms with Crippen molar-refractivity contribution in [1.29, 1.82) is 0 Å². The number of phenols is 2. The van der Waals surface area contributed by atoms with E-state index in [4.69, 9.17) is 4.74 Å². The average Bonchev–Trinajstić information content (AvgIpc) is 2.83. The second-order valence-corrected chi connectivity index (χ2v) is 10.2. The summed E-state index contributed by atoms with van der Waals surface area (Å²) in [5.74, 6) is 0.598. The Balaban J connectivity index is 0.000000350. The van der Waals surface area contributed by atoms with Crippen molar-refractivity contribution >= 4 is 17.7 Å². The lowest BCUT2D eigenvalue weighted by Crippen LogP contribution is -2.03. The molecule has 5 heteroatoms. The number of hydrogen-bond donors (Lipinski definition) is 2. The number of rotatable bonds is 15. The summed E-state index contributed by atoms with van der Waals surface area (Å²) in [5.41, 5.74) is 1.73. The van der Waals surface area contributed by atoms with Gasteiger partial charge >= 0.3 is 5.97 Å². The third-order valence-electron chi connectivity index (χ3n) is 5.86. The van der Waals surface area contributed by atoms with E-state index in [1.165, 1.54) is 64.2 Å². The van der Waals surface area contributed by atoms with Crippen LogP contribution in [-0.2, 0) is 9.53 Å². The molecule has 0 amide bonds. The van der Waals surface area contributed by atoms with Crippen LogP contribution in [0.15, 0.2) is 46.2 Å². The summed E-state index contributed by atoms with van der Waals surface area (Å²) in [6.45, 7) is 8.38. The van der Waals surface area contributed by atoms with Crippen LogP contribution >= 0.6 is 11.8 Å². The van der Waals surface area contributed by atoms with E-state index in [2.05, 4.69) is 6.92 Å². The van der Waals surface area contributed by atoms with Gasteiger partial charge in [0, 0.05) is 16.2 Å². The highest BCUT2D eigenvalue weighted by Crippen LogP contribution is 2.32. The summed E-state index contributed by atoms with van der Waals surface area (Å²) >= 11 is 1.61. The lowest BCUT2D eigenvalue weighted by atomic mass is 10.1. The van der Waals surface area contributed by atoms with Crippen molar-refractivity contribution in [2.75, 3.05) is 6.61 Å². The predicted molar refractivity (Wildman–Crippen MR) is 148 cm³/mol. The van der Waals surface area contributed by atoms with E-state index in [9.17, 15) is 15.0 Å². The number of aryl methyl sites for hydroxylation is 2. The molecule has 4 nitrogen and oxygen atoms in total. The third-order valence-corrected chi connectivity index (χ3v) is 6.84. The Morgan fingerprint density at radius 1 is 0.714 bits per heavy atom. The first-order chi connectivity index (χ1) is 16.9. The van der Waals surface area contributed by atoms with Gasteiger partial charge in [0.25, 0.3) is 0 Å². The Labute approximate surface area is 217 Å². The molecule has 0 bridgehead atoms. The summed E-state index contributed by atoms with van der Waals surface area (Å²) in [6.07, 6.45) is 15.1. The van der Waals surface area contributed by atoms with E-state index in [-0.39, 0.29) is 5.97 Å². The van der Waals surface area contributed by atoms with Crippen molar-refractivity contribution < 1.29 is 19.7 Å². The molecule has 196 valence electrons. The summed E-state index contributed by atoms with van der Waals surface area (Å²) in [6, 6.07) is 11.1. The molecule has 0 heterocycles. The molecule has 0 unspecified atom stereocenters. The number of benzene rings is 2. The minimum absolute atomic E-state index is 0.0339. The Kier molecular flexibility index (Phi) is 16.9. The van der Waals surface area contributed by atoms with E-state index >= 15 is 0 Å². The van der Waals surface area contributed by atoms with Crippen LogP contribution in [0.1, 0.15) is 102 Å². The highest BCUT2D eigenvalue weighted by atomic mass is 32.2. The number of aromatic hydroxyl groups is 2. The average molecular weight is 503 g/mol. The minimum Gasteiger partial charge on any atom is -0.508 e. The Morgan fingerprint density at radius 3 is 1.54 bits per heavy atom. The van der Waals surface area contributed by atoms with Crippen LogP contribution in [0.5, 0.6) is 11.5 Å². The topological polar surface area (TPSA) is 66.8 Å². The molecule has 0 aliphatic rings. The molecule has 0 aliphatic heterocycles. The fourth-order valence-electron chi connectivity index (χ4n) is 3.69. The van der Waals surface area contributed by atoms with Crippen LogP contribution in [0.4, 0.5) is 0 Å². The Bertz CT molecular complexity index is 801. The van der Waals surface area contributed by atoms with Crippen LogP contribution in [0.3, 0.4) is 0 Å². The molecule has 0 saturated carbocycles. The summed E-state index contributed by atoms with van der Waals surface area (Å²) in [5, 5.41) is 18.9. The molecule has 0 aliphatic carbocycles. The van der Waals surface area contributed by atoms with Gasteiger partial charge in [-0.1, -0.05) is 82.9 Å². The van der Waals surface area contributed by atoms with Crippen molar-refractivity contribution in [3.05, 3.63) is 47.5 Å². The summed E-state index contributed by atoms with van der Waals surface area (Å²) < 4.78 is 4.89. The third kappa shape index (κ3) is 14.8. The monoisotopic (exact) mass is 502 g/mol. The fraction of sp³-hybridized carbons (Fsp3) is 0.567. The molecule has 2 aromatic rings. The molecule has 0 fully saturated rings. The molecule has 2 N–H and O–H groups in total. The van der Waals surface area contributed by atoms with Crippen LogP contribution in [0.25, 0.3) is 0 Å². The smallest absolute Gasteiger partial charge is 0.305 e. The van der Waals surface area contributed by atoms with E-state index in [1.54, 1.807) is 23.9 Å². The van der Waals surface area contributed by atoms with Crippen LogP contribution in [0, 0.1) is 13.8 Å². The maximum absolute atomic E-state index is 11.1. The zero-order valence-corrected chi connectivity index (χ0v) is 23.1. The molecule has 0 aromatic heterocycles. The maximum Gasteiger partial charge on any atom is 0.305 e. The van der Waals surface area contributed by atoms with Gasteiger partial charge < -0.3 is 14.9 Å². The van der Waals surface area contributed by atoms with Gasteiger partial charge in [-0.2, -0.15) is 0 Å². The van der Waals surface area contributed by atoms with Crippen LogP contribution in [-0.4, -0.2) is 22.8 Å². The fourth-order valence-corrected chi connectivity index (χ4v) is 4.70. The lowest BCUT2D eigenvalue weighted by molar-refractivity contribution is -0.143. The zero-order valence-electron chi connectivity index (χ0n) is 22.3. The van der Waals surface area contributed by atoms with Crippen molar-refractivity contribution in [3.63, 3.8) is 0 Å². The molecule has 2 aromatic carbocycles. The quantitative estimate of drug-likeness (QED) is 0.188. The largest absolute Gasteiger partial charge is 0.508 e. The number of hydrogen-bond acceptors (Lipinski definition) is 5.